The molecule has 1 aromatic rings. The third kappa shape index (κ3) is 8.62. The Kier molecular flexibility index (Phi) is 11.8. The van der Waals surface area contributed by atoms with Crippen molar-refractivity contribution < 1.29 is 25.3 Å². The molecule has 45 heavy (non-hydrogen) atoms. The fourth-order valence-electron chi connectivity index (χ4n) is 9.52. The van der Waals surface area contributed by atoms with Crippen LogP contribution in [0.3, 0.4) is 0 Å². The van der Waals surface area contributed by atoms with Crippen molar-refractivity contribution in [2.75, 3.05) is 13.1 Å². The van der Waals surface area contributed by atoms with Crippen LogP contribution in [0, 0.1) is 65.1 Å². The second-order valence-electron chi connectivity index (χ2n) is 13.4. The van der Waals surface area contributed by atoms with Crippen molar-refractivity contribution in [2.24, 2.45) is 57.4 Å². The van der Waals surface area contributed by atoms with Gasteiger partial charge in [-0.05, 0) is 85.9 Å². The summed E-state index contributed by atoms with van der Waals surface area (Å²) in [5, 5.41) is 44.1. The summed E-state index contributed by atoms with van der Waals surface area (Å²) >= 11 is 0. The lowest BCUT2D eigenvalue weighted by molar-refractivity contribution is -0.499. The molecule has 4 aliphatic rings. The number of hydrogen-bond donors (Lipinski definition) is 9. The van der Waals surface area contributed by atoms with Gasteiger partial charge in [0.15, 0.2) is 0 Å². The number of fused-ring (bicyclic) bond motifs is 5. The van der Waals surface area contributed by atoms with Crippen LogP contribution in [0.1, 0.15) is 76.8 Å². The van der Waals surface area contributed by atoms with E-state index in [1.165, 1.54) is 31.4 Å². The molecular formula is C27H49N11O7. The number of H-pyrrole nitrogens is 1. The van der Waals surface area contributed by atoms with Crippen LogP contribution in [0.2, 0.25) is 0 Å². The first-order valence-electron chi connectivity index (χ1n) is 15.4. The number of nitrogens with two attached hydrogens (primary N) is 4. The second kappa shape index (κ2) is 14.9. The molecule has 1 heterocycles. The Morgan fingerprint density at radius 1 is 1.02 bits per heavy atom. The lowest BCUT2D eigenvalue weighted by atomic mass is 9.43. The number of imidazole rings is 1. The summed E-state index contributed by atoms with van der Waals surface area (Å²) in [6, 6.07) is 0.365. The smallest absolute Gasteiger partial charge is 0.338 e. The minimum absolute atomic E-state index is 0.0418. The van der Waals surface area contributed by atoms with Crippen LogP contribution in [0.4, 0.5) is 0 Å². The summed E-state index contributed by atoms with van der Waals surface area (Å²) in [6.07, 6.45) is 12.7. The maximum absolute atomic E-state index is 10.6. The number of guanidine groups is 2. The Bertz CT molecular complexity index is 1150. The van der Waals surface area contributed by atoms with Gasteiger partial charge in [0.25, 0.3) is 0 Å². The van der Waals surface area contributed by atoms with Crippen LogP contribution in [0.25, 0.3) is 0 Å². The molecule has 5 rings (SSSR count). The predicted molar refractivity (Wildman–Crippen MR) is 164 cm³/mol. The summed E-state index contributed by atoms with van der Waals surface area (Å²) in [7, 11) is 0. The SMILES string of the molecule is C[C@]12C[C@@H](NC(C[NH+]=C(N)N)C[NH+]=C(N)N)[C@H]3[C@@H](CCC4C[C@@H](O)CC[C@@]43C)[C@@H]1CC[C@@H]2c1cnc[nH]1.O=[N+]([O-])[O-].O=[N+]([O-])[O-]. The highest BCUT2D eigenvalue weighted by molar-refractivity contribution is 5.69. The zero-order valence-electron chi connectivity index (χ0n) is 25.9. The monoisotopic (exact) mass is 639 g/mol. The van der Waals surface area contributed by atoms with Crippen LogP contribution >= 0.6 is 0 Å². The van der Waals surface area contributed by atoms with E-state index in [2.05, 4.69) is 39.1 Å². The molecule has 13 N–H and O–H groups in total. The zero-order valence-corrected chi connectivity index (χ0v) is 25.9. The maximum Gasteiger partial charge on any atom is 0.338 e. The molecule has 254 valence electrons. The normalized spacial score (nSPS) is 34.7. The van der Waals surface area contributed by atoms with Crippen LogP contribution in [-0.4, -0.2) is 68.4 Å². The summed E-state index contributed by atoms with van der Waals surface area (Å²) in [5.41, 5.74) is 24.8. The first-order chi connectivity index (χ1) is 21.1. The molecule has 0 amide bonds. The van der Waals surface area contributed by atoms with Crippen LogP contribution in [0.5, 0.6) is 0 Å². The molecule has 0 bridgehead atoms. The predicted octanol–water partition coefficient (Wildman–Crippen LogP) is -2.94. The molecular weight excluding hydrogens is 590 g/mol. The van der Waals surface area contributed by atoms with E-state index in [9.17, 15) is 5.11 Å². The lowest BCUT2D eigenvalue weighted by Crippen LogP contribution is -2.87. The molecule has 4 fully saturated rings. The van der Waals surface area contributed by atoms with Gasteiger partial charge in [0, 0.05) is 23.9 Å². The third-order valence-corrected chi connectivity index (χ3v) is 11.0. The van der Waals surface area contributed by atoms with E-state index in [1.54, 1.807) is 0 Å². The fourth-order valence-corrected chi connectivity index (χ4v) is 9.52. The number of nitrogens with one attached hydrogen (secondary N) is 4. The van der Waals surface area contributed by atoms with E-state index in [0.717, 1.165) is 25.7 Å². The zero-order chi connectivity index (χ0) is 33.5. The Labute approximate surface area is 261 Å². The molecule has 0 saturated heterocycles. The number of hydrogen-bond acceptors (Lipinski definition) is 9. The first-order valence-corrected chi connectivity index (χ1v) is 15.4. The van der Waals surface area contributed by atoms with Crippen molar-refractivity contribution in [3.05, 3.63) is 48.9 Å². The largest absolute Gasteiger partial charge is 0.393 e. The van der Waals surface area contributed by atoms with E-state index in [0.29, 0.717) is 48.7 Å². The molecule has 4 aliphatic carbocycles. The highest BCUT2D eigenvalue weighted by Gasteiger charge is 2.63. The molecule has 0 aromatic carbocycles. The number of rotatable bonds is 7. The average Bonchev–Trinajstić information content (AvgIpc) is 3.57. The second-order valence-corrected chi connectivity index (χ2v) is 13.4. The van der Waals surface area contributed by atoms with Crippen molar-refractivity contribution in [1.82, 2.24) is 15.3 Å². The van der Waals surface area contributed by atoms with Crippen molar-refractivity contribution in [1.29, 1.82) is 0 Å². The molecule has 1 aromatic heterocycles. The van der Waals surface area contributed by atoms with Gasteiger partial charge in [-0.1, -0.05) is 13.8 Å². The van der Waals surface area contributed by atoms with E-state index >= 15 is 0 Å². The average molecular weight is 640 g/mol. The highest BCUT2D eigenvalue weighted by atomic mass is 16.9. The van der Waals surface area contributed by atoms with Gasteiger partial charge in [-0.3, -0.25) is 32.9 Å². The molecule has 18 nitrogen and oxygen atoms in total. The van der Waals surface area contributed by atoms with Gasteiger partial charge < -0.3 is 46.1 Å². The minimum Gasteiger partial charge on any atom is -0.393 e. The van der Waals surface area contributed by atoms with Gasteiger partial charge in [0.2, 0.25) is 0 Å². The van der Waals surface area contributed by atoms with Crippen molar-refractivity contribution in [3.63, 3.8) is 0 Å². The van der Waals surface area contributed by atoms with Gasteiger partial charge in [-0.2, -0.15) is 0 Å². The first kappa shape index (κ1) is 35.5. The van der Waals surface area contributed by atoms with E-state index in [4.69, 9.17) is 53.6 Å². The molecule has 0 radical (unpaired) electrons. The molecule has 0 spiro atoms. The Morgan fingerprint density at radius 2 is 1.62 bits per heavy atom. The van der Waals surface area contributed by atoms with Crippen LogP contribution < -0.4 is 38.2 Å². The van der Waals surface area contributed by atoms with Gasteiger partial charge in [0.1, 0.15) is 0 Å². The van der Waals surface area contributed by atoms with Gasteiger partial charge in [0.05, 0.1) is 41.7 Å². The lowest BCUT2D eigenvalue weighted by Gasteiger charge is -2.63. The van der Waals surface area contributed by atoms with Gasteiger partial charge in [-0.15, -0.1) is 0 Å². The standard InChI is InChI=1S/C27H47N9O.2NO3/c1-26-8-7-17(37)9-15(26)3-4-18-19-5-6-20(22-13-32-14-35-22)27(19,2)10-21(23(18)26)36-16(11-33-24(28)29)12-34-25(30)31;2*2-1(3)4/h13-21,23,36-37H,3-12H2,1-2H3,(H,32,35)(H4,28,29,33)(H4,30,31,34);;/q;2*-1/p+2/t15?,17-,18-,19-,20+,21+,23+,26-,27-;;/m0../s1. The molecule has 0 aliphatic heterocycles. The third-order valence-electron chi connectivity index (χ3n) is 11.0. The van der Waals surface area contributed by atoms with Crippen molar-refractivity contribution in [2.45, 2.75) is 89.3 Å². The van der Waals surface area contributed by atoms with Crippen molar-refractivity contribution >= 4 is 11.9 Å². The number of nitrogens with zero attached hydrogens (tertiary/aromatic N) is 3. The molecule has 1 unspecified atom stereocenters. The highest BCUT2D eigenvalue weighted by Crippen LogP contribution is 2.68. The van der Waals surface area contributed by atoms with Crippen LogP contribution in [-0.2, 0) is 0 Å². The molecule has 4 saturated carbocycles. The van der Waals surface area contributed by atoms with E-state index in [-0.39, 0.29) is 34.9 Å². The topological polar surface area (TPSA) is 325 Å². The number of aromatic nitrogens is 2. The summed E-state index contributed by atoms with van der Waals surface area (Å²) < 4.78 is 0. The maximum atomic E-state index is 10.6. The fraction of sp³-hybridized carbons (Fsp3) is 0.815. The minimum atomic E-state index is -1.75. The Balaban J connectivity index is 0.000000619. The van der Waals surface area contributed by atoms with Gasteiger partial charge in [-0.25, -0.2) is 4.98 Å². The van der Waals surface area contributed by atoms with E-state index < -0.39 is 10.2 Å². The van der Waals surface area contributed by atoms with Gasteiger partial charge >= 0.3 is 11.9 Å². The molecule has 9 atom stereocenters. The summed E-state index contributed by atoms with van der Waals surface area (Å²) in [6.45, 7) is 6.23. The quantitative estimate of drug-likeness (QED) is 0.0625. The van der Waals surface area contributed by atoms with Crippen molar-refractivity contribution in [3.8, 4) is 0 Å². The number of aromatic amines is 1. The Hall–Kier alpha value is -3.93. The number of aliphatic hydroxyl groups excluding tert-OH is 1. The molecule has 18 heteroatoms. The Morgan fingerprint density at radius 3 is 2.16 bits per heavy atom. The van der Waals surface area contributed by atoms with E-state index in [1.807, 2.05) is 12.5 Å². The van der Waals surface area contributed by atoms with Crippen LogP contribution in [0.15, 0.2) is 12.5 Å². The summed E-state index contributed by atoms with van der Waals surface area (Å²) in [5.74, 6) is 3.41. The summed E-state index contributed by atoms with van der Waals surface area (Å²) in [4.78, 5) is 30.6. The number of aliphatic hydroxyl groups is 1.